The Morgan fingerprint density at radius 3 is 0.538 bits per heavy atom. The molecule has 672 valence electrons. The number of hydrogen-bond acceptors (Lipinski definition) is 15. The van der Waals surface area contributed by atoms with E-state index in [0.717, 1.165) is 134 Å². The molecule has 0 saturated heterocycles. The van der Waals surface area contributed by atoms with E-state index in [1.54, 1.807) is 0 Å². The Hall–Kier alpha value is -12.5. The van der Waals surface area contributed by atoms with Crippen molar-refractivity contribution in [2.45, 2.75) is 310 Å². The van der Waals surface area contributed by atoms with E-state index in [4.69, 9.17) is 62.0 Å². The second-order valence-electron chi connectivity index (χ2n) is 38.8. The maximum atomic E-state index is 4.96. The van der Waals surface area contributed by atoms with E-state index >= 15 is 0 Å². The lowest BCUT2D eigenvalue weighted by molar-refractivity contribution is 0.646. The molecule has 2 atom stereocenters. The van der Waals surface area contributed by atoms with E-state index < -0.39 is 0 Å². The third kappa shape index (κ3) is 12.6. The van der Waals surface area contributed by atoms with Crippen LogP contribution < -0.4 is 5.01 Å². The molecule has 10 aromatic carbocycles. The quantitative estimate of drug-likeness (QED) is 0.139. The van der Waals surface area contributed by atoms with Crippen LogP contribution in [-0.2, 0) is 0 Å². The summed E-state index contributed by atoms with van der Waals surface area (Å²) in [5.74, 6) is 0. The summed E-state index contributed by atoms with van der Waals surface area (Å²) in [5.41, 5.74) is 75.4. The molecule has 0 amide bonds. The molecule has 7 heterocycles. The van der Waals surface area contributed by atoms with Gasteiger partial charge in [-0.2, -0.15) is 5.11 Å². The van der Waals surface area contributed by atoms with Crippen LogP contribution in [0.3, 0.4) is 0 Å². The lowest BCUT2D eigenvalue weighted by atomic mass is 9.81. The molecule has 1 aliphatic carbocycles. The molecule has 16 aromatic rings. The van der Waals surface area contributed by atoms with Gasteiger partial charge in [0.15, 0.2) is 0 Å². The monoisotopic (exact) mass is 1730 g/mol. The van der Waals surface area contributed by atoms with Crippen molar-refractivity contribution in [2.24, 2.45) is 10.3 Å². The smallest absolute Gasteiger partial charge is 0.120 e. The fraction of sp³-hybridized carbons (Fsp3) is 0.413. The lowest BCUT2D eigenvalue weighted by Gasteiger charge is -2.35. The van der Waals surface area contributed by atoms with E-state index in [1.165, 1.54) is 223 Å². The predicted octanol–water partition coefficient (Wildman–Crippen LogP) is 25.8. The zero-order valence-electron chi connectivity index (χ0n) is 85.5. The Kier molecular flexibility index (Phi) is 22.3. The molecule has 130 heavy (non-hydrogen) atoms. The molecule has 0 N–H and O–H groups in total. The second-order valence-corrected chi connectivity index (χ2v) is 38.8. The minimum atomic E-state index is -0.0360. The van der Waals surface area contributed by atoms with Crippen LogP contribution in [0.5, 0.6) is 0 Å². The zero-order valence-corrected chi connectivity index (χ0v) is 85.5. The highest BCUT2D eigenvalue weighted by atomic mass is 15.6. The number of nitrogens with zero attached hydrogens (tertiary/aromatic N) is 21. The minimum absolute atomic E-state index is 0.0164. The molecule has 0 saturated carbocycles. The maximum Gasteiger partial charge on any atom is 0.120 e. The van der Waals surface area contributed by atoms with Gasteiger partial charge < -0.3 is 0 Å². The number of aryl methyl sites for hydroxylation is 12. The normalized spacial score (nSPS) is 14.2. The van der Waals surface area contributed by atoms with Crippen molar-refractivity contribution >= 4 is 71.9 Å². The van der Waals surface area contributed by atoms with E-state index in [0.29, 0.717) is 0 Å². The van der Waals surface area contributed by atoms with Crippen LogP contribution in [0.4, 0.5) is 5.69 Å². The lowest BCUT2D eigenvalue weighted by Crippen LogP contribution is -2.40. The number of benzene rings is 10. The van der Waals surface area contributed by atoms with Gasteiger partial charge in [-0.3, -0.25) is 0 Å². The van der Waals surface area contributed by atoms with Gasteiger partial charge in [0, 0.05) is 16.7 Å². The van der Waals surface area contributed by atoms with Gasteiger partial charge in [0.25, 0.3) is 0 Å². The highest BCUT2D eigenvalue weighted by Gasteiger charge is 2.43. The van der Waals surface area contributed by atoms with Crippen molar-refractivity contribution < 1.29 is 0 Å². The van der Waals surface area contributed by atoms with Gasteiger partial charge in [-0.1, -0.05) is 36.5 Å². The highest BCUT2D eigenvalue weighted by Crippen LogP contribution is 2.50. The van der Waals surface area contributed by atoms with Crippen LogP contribution in [0.2, 0.25) is 0 Å². The Morgan fingerprint density at radius 1 is 0.162 bits per heavy atom. The molecular formula is C109H131N21. The first kappa shape index (κ1) is 90.8. The Bertz CT molecular complexity index is 7360. The Balaban J connectivity index is 0.000000144. The van der Waals surface area contributed by atoms with E-state index in [-0.39, 0.29) is 12.1 Å². The minimum Gasteiger partial charge on any atom is -0.237 e. The van der Waals surface area contributed by atoms with E-state index in [2.05, 4.69) is 341 Å². The first-order valence-corrected chi connectivity index (χ1v) is 46.0. The summed E-state index contributed by atoms with van der Waals surface area (Å²) in [6.07, 6.45) is 0. The maximum absolute atomic E-state index is 4.96. The van der Waals surface area contributed by atoms with Crippen molar-refractivity contribution in [1.82, 2.24) is 90.0 Å². The van der Waals surface area contributed by atoms with Crippen LogP contribution in [0, 0.1) is 270 Å². The van der Waals surface area contributed by atoms with Gasteiger partial charge in [0.05, 0.1) is 72.9 Å². The van der Waals surface area contributed by atoms with Crippen molar-refractivity contribution in [3.05, 3.63) is 239 Å². The number of anilines is 1. The van der Waals surface area contributed by atoms with E-state index in [1.807, 2.05) is 0 Å². The molecule has 0 fully saturated rings. The summed E-state index contributed by atoms with van der Waals surface area (Å²) in [5, 5.41) is 69.0. The average Bonchev–Trinajstić information content (AvgIpc) is 1.50. The van der Waals surface area contributed by atoms with Crippen LogP contribution in [0.15, 0.2) is 32.6 Å². The number of allylic oxidation sites excluding steroid dienone is 2. The van der Waals surface area contributed by atoms with Crippen molar-refractivity contribution in [3.63, 3.8) is 0 Å². The molecule has 2 unspecified atom stereocenters. The van der Waals surface area contributed by atoms with Gasteiger partial charge in [0.2, 0.25) is 0 Å². The molecule has 21 heteroatoms. The molecular weight excluding hydrogens is 1600 g/mol. The average molecular weight is 1740 g/mol. The molecule has 0 bridgehead atoms. The first-order valence-electron chi connectivity index (χ1n) is 46.0. The predicted molar refractivity (Wildman–Crippen MR) is 536 cm³/mol. The SMILES string of the molecule is CC1=C(C)C2N=NN(c3c(C)c(-n4nnc5c(C)c(C)c(C)c(C)c54)c(C)c(-n4nnc5c(C)c(C)c(C)c(C)c54)c3C)C2C(C)=C1C.Cc1c(C)c(-n2nnc3c(C)c(C)c(C)c(C)c32)c(C)c(C)c1-c1c(C)c(C)c(-n2nnc3c(C)c(C)c(C)c(C)c32)c(C)c1C.Cc1c(C)c(-n2nnc3c(C)c(C)c(C)c(C)c32)c(C)c(C)c1-n1nnc2c(C)c(C)c(C)c(C)c21. The van der Waals surface area contributed by atoms with Crippen molar-refractivity contribution in [3.8, 4) is 45.3 Å². The van der Waals surface area contributed by atoms with Crippen molar-refractivity contribution in [2.75, 3.05) is 5.01 Å². The zero-order chi connectivity index (χ0) is 95.0. The molecule has 21 nitrogen and oxygen atoms in total. The third-order valence-corrected chi connectivity index (χ3v) is 33.5. The summed E-state index contributed by atoms with van der Waals surface area (Å²) >= 11 is 0. The second kappa shape index (κ2) is 32.0. The molecule has 0 spiro atoms. The van der Waals surface area contributed by atoms with Gasteiger partial charge >= 0.3 is 0 Å². The molecule has 2 aliphatic rings. The van der Waals surface area contributed by atoms with Crippen LogP contribution in [0.25, 0.3) is 111 Å². The summed E-state index contributed by atoms with van der Waals surface area (Å²) in [7, 11) is 0. The fourth-order valence-corrected chi connectivity index (χ4v) is 22.0. The van der Waals surface area contributed by atoms with Gasteiger partial charge in [-0.25, -0.2) is 33.1 Å². The van der Waals surface area contributed by atoms with Gasteiger partial charge in [0.1, 0.15) is 45.2 Å². The molecule has 6 aromatic heterocycles. The van der Waals surface area contributed by atoms with Gasteiger partial charge in [-0.15, -0.1) is 30.6 Å². The molecule has 18 rings (SSSR count). The first-order chi connectivity index (χ1) is 61.0. The highest BCUT2D eigenvalue weighted by molar-refractivity contribution is 5.95. The number of hydrogen-bond donors (Lipinski definition) is 0. The van der Waals surface area contributed by atoms with Crippen LogP contribution in [-0.4, -0.2) is 102 Å². The third-order valence-electron chi connectivity index (χ3n) is 33.5. The number of rotatable bonds is 8. The summed E-state index contributed by atoms with van der Waals surface area (Å²) in [6.45, 7) is 94.5. The van der Waals surface area contributed by atoms with Gasteiger partial charge in [-0.05, 0) is 531 Å². The Labute approximate surface area is 766 Å². The molecule has 1 aliphatic heterocycles. The molecule has 0 radical (unpaired) electrons. The standard InChI is InChI=1S/C40H48N6.C39H47N9.C30H36N6/c1-17-19(3)27(11)39-35(25(17)9)41-43-45(39)37-29(13)21(5)33(22(6)30(37)14)34-23(7)31(15)38(32(16)24(34)8)46-40-28(12)20(4)18(2)26(10)36(40)42-44-46;1-16-19(4)25(10)37-31(22(16)7)40-43-46(37)34-28(13)35(47-38-26(11)20(5)17(2)23(8)32(38)41-44-47)30(15)36(29(34)14)48-39-27(12)21(6)18(3)24(9)33(39)42-45-48;1-13-15(3)19(7)29-25(17(13)5)31-33-35(29)27-21(9)23(11)28(24(12)22(27)10)36-30-20(8)16(4)14(2)18(6)26(30)32-34-36/h1-16H3;31,37H,1-15H3;1-12H3. The summed E-state index contributed by atoms with van der Waals surface area (Å²) < 4.78 is 12.4. The van der Waals surface area contributed by atoms with E-state index in [9.17, 15) is 0 Å². The number of aromatic nitrogens is 18. The largest absolute Gasteiger partial charge is 0.237 e. The fourth-order valence-electron chi connectivity index (χ4n) is 22.0. The topological polar surface area (TPSA) is 212 Å². The summed E-state index contributed by atoms with van der Waals surface area (Å²) in [6, 6.07) is -0.0524. The van der Waals surface area contributed by atoms with Crippen LogP contribution in [0.1, 0.15) is 245 Å². The summed E-state index contributed by atoms with van der Waals surface area (Å²) in [4.78, 5) is 0. The Morgan fingerprint density at radius 2 is 0.331 bits per heavy atom. The van der Waals surface area contributed by atoms with Crippen molar-refractivity contribution in [1.29, 1.82) is 0 Å². The van der Waals surface area contributed by atoms with Crippen LogP contribution >= 0.6 is 0 Å². The number of fused-ring (bicyclic) bond motifs is 7.